The van der Waals surface area contributed by atoms with Crippen LogP contribution in [0, 0.1) is 25.6 Å². The minimum atomic E-state index is -0.293. The molecule has 1 aliphatic heterocycles. The number of rotatable bonds is 5. The van der Waals surface area contributed by atoms with Gasteiger partial charge in [0, 0.05) is 20.7 Å². The van der Waals surface area contributed by atoms with Crippen molar-refractivity contribution in [3.63, 3.8) is 0 Å². The van der Waals surface area contributed by atoms with Gasteiger partial charge in [0.1, 0.15) is 17.3 Å². The van der Waals surface area contributed by atoms with Crippen molar-refractivity contribution in [2.45, 2.75) is 39.7 Å². The first kappa shape index (κ1) is 21.4. The number of carbonyl (C=O) groups is 1. The van der Waals surface area contributed by atoms with Crippen LogP contribution in [0.4, 0.5) is 10.2 Å². The van der Waals surface area contributed by atoms with Crippen molar-refractivity contribution in [1.82, 2.24) is 14.9 Å². The Bertz CT molecular complexity index is 1050. The first-order valence-electron chi connectivity index (χ1n) is 10.6. The SMILES string of the molecule is Cc1ccc(NCC2C(C)CCCN2C(=O)c2nc(C)sc2-c2ccc(F)cc2)nc1.[HH]. The molecule has 1 N–H and O–H groups in total. The normalized spacial score (nSPS) is 18.8. The third-order valence-electron chi connectivity index (χ3n) is 5.82. The van der Waals surface area contributed by atoms with Crippen molar-refractivity contribution in [2.75, 3.05) is 18.4 Å². The summed E-state index contributed by atoms with van der Waals surface area (Å²) in [5, 5.41) is 4.23. The number of aromatic nitrogens is 2. The van der Waals surface area contributed by atoms with Crippen molar-refractivity contribution < 1.29 is 10.6 Å². The molecule has 1 fully saturated rings. The van der Waals surface area contributed by atoms with E-state index < -0.39 is 0 Å². The highest BCUT2D eigenvalue weighted by Crippen LogP contribution is 2.33. The molecule has 5 nitrogen and oxygen atoms in total. The van der Waals surface area contributed by atoms with E-state index in [4.69, 9.17) is 0 Å². The van der Waals surface area contributed by atoms with Gasteiger partial charge in [-0.15, -0.1) is 11.3 Å². The monoisotopic (exact) mass is 440 g/mol. The number of nitrogens with one attached hydrogen (secondary N) is 1. The maximum Gasteiger partial charge on any atom is 0.274 e. The molecule has 1 amide bonds. The predicted molar refractivity (Wildman–Crippen MR) is 125 cm³/mol. The largest absolute Gasteiger partial charge is 0.368 e. The number of likely N-dealkylation sites (tertiary alicyclic amines) is 1. The molecule has 1 aliphatic rings. The average Bonchev–Trinajstić information content (AvgIpc) is 3.15. The van der Waals surface area contributed by atoms with Crippen LogP contribution in [0.15, 0.2) is 42.6 Å². The summed E-state index contributed by atoms with van der Waals surface area (Å²) in [6, 6.07) is 10.3. The Morgan fingerprint density at radius 1 is 1.26 bits per heavy atom. The summed E-state index contributed by atoms with van der Waals surface area (Å²) in [5.74, 6) is 0.828. The molecule has 4 rings (SSSR count). The van der Waals surface area contributed by atoms with E-state index >= 15 is 0 Å². The Morgan fingerprint density at radius 3 is 2.74 bits per heavy atom. The minimum Gasteiger partial charge on any atom is -0.368 e. The number of amides is 1. The first-order valence-corrected chi connectivity index (χ1v) is 11.4. The number of piperidine rings is 1. The number of nitrogens with zero attached hydrogens (tertiary/aromatic N) is 3. The molecule has 0 bridgehead atoms. The molecule has 3 aromatic rings. The zero-order valence-electron chi connectivity index (χ0n) is 18.1. The van der Waals surface area contributed by atoms with Gasteiger partial charge in [0.2, 0.25) is 0 Å². The van der Waals surface area contributed by atoms with Crippen LogP contribution in [0.2, 0.25) is 0 Å². The number of thiazole rings is 1. The van der Waals surface area contributed by atoms with E-state index in [2.05, 4.69) is 22.2 Å². The number of anilines is 1. The van der Waals surface area contributed by atoms with Crippen LogP contribution in [-0.2, 0) is 0 Å². The molecule has 7 heteroatoms. The van der Waals surface area contributed by atoms with Gasteiger partial charge < -0.3 is 10.2 Å². The molecule has 31 heavy (non-hydrogen) atoms. The molecule has 0 saturated carbocycles. The lowest BCUT2D eigenvalue weighted by Crippen LogP contribution is -2.51. The number of halogens is 1. The van der Waals surface area contributed by atoms with Crippen LogP contribution in [0.3, 0.4) is 0 Å². The van der Waals surface area contributed by atoms with Gasteiger partial charge in [-0.3, -0.25) is 4.79 Å². The lowest BCUT2D eigenvalue weighted by atomic mass is 9.90. The van der Waals surface area contributed by atoms with Crippen LogP contribution in [0.5, 0.6) is 0 Å². The fourth-order valence-corrected chi connectivity index (χ4v) is 5.01. The second-order valence-electron chi connectivity index (χ2n) is 8.20. The van der Waals surface area contributed by atoms with Gasteiger partial charge in [-0.25, -0.2) is 14.4 Å². The zero-order valence-corrected chi connectivity index (χ0v) is 18.9. The highest BCUT2D eigenvalue weighted by atomic mass is 32.1. The van der Waals surface area contributed by atoms with E-state index in [0.717, 1.165) is 39.7 Å². The van der Waals surface area contributed by atoms with Gasteiger partial charge in [-0.05, 0) is 61.9 Å². The molecule has 164 valence electrons. The van der Waals surface area contributed by atoms with Crippen LogP contribution in [0.1, 0.15) is 42.3 Å². The van der Waals surface area contributed by atoms with Crippen LogP contribution in [-0.4, -0.2) is 39.9 Å². The quantitative estimate of drug-likeness (QED) is 0.564. The molecule has 0 radical (unpaired) electrons. The summed E-state index contributed by atoms with van der Waals surface area (Å²) >= 11 is 1.47. The highest BCUT2D eigenvalue weighted by molar-refractivity contribution is 7.15. The maximum absolute atomic E-state index is 13.6. The average molecular weight is 441 g/mol. The molecule has 0 aliphatic carbocycles. The Labute approximate surface area is 187 Å². The van der Waals surface area contributed by atoms with Crippen molar-refractivity contribution >= 4 is 23.1 Å². The molecular formula is C24H29FN4OS. The smallest absolute Gasteiger partial charge is 0.274 e. The van der Waals surface area contributed by atoms with Crippen LogP contribution < -0.4 is 5.32 Å². The van der Waals surface area contributed by atoms with Gasteiger partial charge in [0.05, 0.1) is 15.9 Å². The van der Waals surface area contributed by atoms with Gasteiger partial charge in [-0.1, -0.05) is 25.1 Å². The third-order valence-corrected chi connectivity index (χ3v) is 6.84. The molecule has 0 spiro atoms. The van der Waals surface area contributed by atoms with E-state index in [1.54, 1.807) is 12.1 Å². The van der Waals surface area contributed by atoms with Crippen molar-refractivity contribution in [2.24, 2.45) is 5.92 Å². The van der Waals surface area contributed by atoms with Gasteiger partial charge in [0.25, 0.3) is 5.91 Å². The minimum absolute atomic E-state index is 0. The van der Waals surface area contributed by atoms with Gasteiger partial charge in [-0.2, -0.15) is 0 Å². The van der Waals surface area contributed by atoms with Crippen molar-refractivity contribution in [1.29, 1.82) is 0 Å². The van der Waals surface area contributed by atoms with Crippen molar-refractivity contribution in [3.8, 4) is 10.4 Å². The number of pyridine rings is 1. The molecule has 2 unspecified atom stereocenters. The molecule has 1 aromatic carbocycles. The lowest BCUT2D eigenvalue weighted by molar-refractivity contribution is 0.0535. The summed E-state index contributed by atoms with van der Waals surface area (Å²) in [6.07, 6.45) is 3.89. The topological polar surface area (TPSA) is 58.1 Å². The Hall–Kier alpha value is -2.80. The molecule has 2 aromatic heterocycles. The van der Waals surface area contributed by atoms with E-state index in [9.17, 15) is 9.18 Å². The van der Waals surface area contributed by atoms with Gasteiger partial charge >= 0.3 is 0 Å². The molecule has 3 heterocycles. The molecular weight excluding hydrogens is 411 g/mol. The van der Waals surface area contributed by atoms with E-state index in [1.807, 2.05) is 37.1 Å². The van der Waals surface area contributed by atoms with E-state index in [1.165, 1.54) is 23.5 Å². The fraction of sp³-hybridized carbons (Fsp3) is 0.375. The fourth-order valence-electron chi connectivity index (χ4n) is 4.10. The standard InChI is InChI=1S/C24H27FN4OS.H2/c1-15-6-11-21(26-13-15)27-14-20-16(2)5-4-12-29(20)24(30)22-23(31-17(3)28-22)18-7-9-19(25)10-8-18;/h6-11,13,16,20H,4-5,12,14H2,1-3H3,(H,26,27);1H. The Morgan fingerprint density at radius 2 is 2.03 bits per heavy atom. The second kappa shape index (κ2) is 9.14. The molecule has 2 atom stereocenters. The van der Waals surface area contributed by atoms with E-state index in [0.29, 0.717) is 24.7 Å². The number of carbonyl (C=O) groups excluding carboxylic acids is 1. The highest BCUT2D eigenvalue weighted by Gasteiger charge is 2.34. The number of hydrogen-bond donors (Lipinski definition) is 1. The maximum atomic E-state index is 13.6. The number of aryl methyl sites for hydroxylation is 2. The van der Waals surface area contributed by atoms with E-state index in [-0.39, 0.29) is 19.2 Å². The van der Waals surface area contributed by atoms with Crippen molar-refractivity contribution in [3.05, 3.63) is 64.7 Å². The zero-order chi connectivity index (χ0) is 22.0. The second-order valence-corrected chi connectivity index (χ2v) is 9.41. The summed E-state index contributed by atoms with van der Waals surface area (Å²) in [7, 11) is 0. The van der Waals surface area contributed by atoms with Crippen LogP contribution >= 0.6 is 11.3 Å². The Kier molecular flexibility index (Phi) is 6.32. The van der Waals surface area contributed by atoms with Gasteiger partial charge in [0.15, 0.2) is 0 Å². The van der Waals surface area contributed by atoms with Crippen LogP contribution in [0.25, 0.3) is 10.4 Å². The summed E-state index contributed by atoms with van der Waals surface area (Å²) in [4.78, 5) is 25.4. The third kappa shape index (κ3) is 4.77. The Balaban J connectivity index is 0.00000289. The molecule has 1 saturated heterocycles. The number of hydrogen-bond acceptors (Lipinski definition) is 5. The summed E-state index contributed by atoms with van der Waals surface area (Å²) < 4.78 is 13.4. The lowest BCUT2D eigenvalue weighted by Gasteiger charge is -2.40. The number of benzene rings is 1. The summed E-state index contributed by atoms with van der Waals surface area (Å²) in [5.41, 5.74) is 2.39. The summed E-state index contributed by atoms with van der Waals surface area (Å²) in [6.45, 7) is 7.44. The first-order chi connectivity index (χ1) is 14.9. The predicted octanol–water partition coefficient (Wildman–Crippen LogP) is 5.56.